The van der Waals surface area contributed by atoms with E-state index in [9.17, 15) is 9.59 Å². The molecule has 4 rings (SSSR count). The van der Waals surface area contributed by atoms with Crippen molar-refractivity contribution in [2.24, 2.45) is 0 Å². The molecule has 1 aliphatic rings. The molecule has 0 fully saturated rings. The average Bonchev–Trinajstić information content (AvgIpc) is 2.47. The van der Waals surface area contributed by atoms with Gasteiger partial charge in [0.2, 0.25) is 11.6 Å². The molecule has 0 aromatic heterocycles. The van der Waals surface area contributed by atoms with E-state index < -0.39 is 11.6 Å². The molecule has 0 radical (unpaired) electrons. The maximum atomic E-state index is 11.9. The van der Waals surface area contributed by atoms with Gasteiger partial charge < -0.3 is 0 Å². The van der Waals surface area contributed by atoms with E-state index in [1.807, 2.05) is 30.3 Å². The van der Waals surface area contributed by atoms with Gasteiger partial charge in [-0.3, -0.25) is 9.59 Å². The SMILES string of the molecule is Cl.O=C1C=Cc2cc3cc4ccccc4cc3cc2C1=O. The van der Waals surface area contributed by atoms with E-state index in [1.54, 1.807) is 6.08 Å². The number of rotatable bonds is 0. The summed E-state index contributed by atoms with van der Waals surface area (Å²) in [7, 11) is 0. The number of hydrogen-bond donors (Lipinski definition) is 0. The molecule has 0 heterocycles. The van der Waals surface area contributed by atoms with Crippen LogP contribution in [0.4, 0.5) is 0 Å². The molecule has 1 aliphatic carbocycles. The van der Waals surface area contributed by atoms with Gasteiger partial charge in [-0.1, -0.05) is 30.3 Å². The number of Topliss-reactive ketones (excluding diaryl/α,β-unsaturated/α-hetero) is 1. The summed E-state index contributed by atoms with van der Waals surface area (Å²) in [5, 5.41) is 4.36. The predicted molar refractivity (Wildman–Crippen MR) is 87.1 cm³/mol. The van der Waals surface area contributed by atoms with Crippen LogP contribution < -0.4 is 0 Å². The quantitative estimate of drug-likeness (QED) is 0.460. The smallest absolute Gasteiger partial charge is 0.233 e. The van der Waals surface area contributed by atoms with Gasteiger partial charge in [0, 0.05) is 5.56 Å². The Morgan fingerprint density at radius 1 is 0.667 bits per heavy atom. The fourth-order valence-electron chi connectivity index (χ4n) is 2.72. The van der Waals surface area contributed by atoms with Gasteiger partial charge in [-0.2, -0.15) is 0 Å². The second-order valence-electron chi connectivity index (χ2n) is 5.01. The number of carbonyl (C=O) groups is 2. The lowest BCUT2D eigenvalue weighted by Crippen LogP contribution is -2.15. The molecule has 0 bridgehead atoms. The molecule has 0 N–H and O–H groups in total. The Morgan fingerprint density at radius 2 is 1.29 bits per heavy atom. The van der Waals surface area contributed by atoms with Crippen LogP contribution in [0.3, 0.4) is 0 Å². The third-order valence-electron chi connectivity index (χ3n) is 3.76. The van der Waals surface area contributed by atoms with Gasteiger partial charge in [0.05, 0.1) is 0 Å². The first-order chi connectivity index (χ1) is 9.72. The lowest BCUT2D eigenvalue weighted by atomic mass is 9.91. The summed E-state index contributed by atoms with van der Waals surface area (Å²) < 4.78 is 0. The van der Waals surface area contributed by atoms with Crippen molar-refractivity contribution in [2.75, 3.05) is 0 Å². The van der Waals surface area contributed by atoms with Crippen molar-refractivity contribution in [1.82, 2.24) is 0 Å². The zero-order valence-electron chi connectivity index (χ0n) is 11.0. The molecule has 0 saturated carbocycles. The van der Waals surface area contributed by atoms with Crippen LogP contribution in [0.2, 0.25) is 0 Å². The number of allylic oxidation sites excluding steroid dienone is 1. The van der Waals surface area contributed by atoms with E-state index in [2.05, 4.69) is 18.2 Å². The van der Waals surface area contributed by atoms with Gasteiger partial charge in [0.15, 0.2) is 0 Å². The van der Waals surface area contributed by atoms with Crippen LogP contribution >= 0.6 is 12.4 Å². The summed E-state index contributed by atoms with van der Waals surface area (Å²) in [5.41, 5.74) is 1.32. The monoisotopic (exact) mass is 294 g/mol. The molecule has 21 heavy (non-hydrogen) atoms. The Kier molecular flexibility index (Phi) is 3.11. The van der Waals surface area contributed by atoms with E-state index in [4.69, 9.17) is 0 Å². The Bertz CT molecular complexity index is 939. The zero-order chi connectivity index (χ0) is 13.7. The highest BCUT2D eigenvalue weighted by Crippen LogP contribution is 2.28. The van der Waals surface area contributed by atoms with Crippen LogP contribution in [-0.2, 0) is 4.79 Å². The summed E-state index contributed by atoms with van der Waals surface area (Å²) in [5.74, 6) is -0.866. The first-order valence-corrected chi connectivity index (χ1v) is 6.46. The molecular formula is C18H11ClO2. The largest absolute Gasteiger partial charge is 0.286 e. The van der Waals surface area contributed by atoms with E-state index >= 15 is 0 Å². The molecule has 0 saturated heterocycles. The fourth-order valence-corrected chi connectivity index (χ4v) is 2.72. The Balaban J connectivity index is 0.00000132. The maximum Gasteiger partial charge on any atom is 0.233 e. The number of halogens is 1. The number of carbonyl (C=O) groups excluding carboxylic acids is 2. The van der Waals surface area contributed by atoms with Crippen LogP contribution in [0.15, 0.2) is 54.6 Å². The van der Waals surface area contributed by atoms with E-state index in [-0.39, 0.29) is 12.4 Å². The highest BCUT2D eigenvalue weighted by molar-refractivity contribution is 6.50. The molecule has 2 nitrogen and oxygen atoms in total. The molecule has 0 aliphatic heterocycles. The lowest BCUT2D eigenvalue weighted by molar-refractivity contribution is -0.110. The zero-order valence-corrected chi connectivity index (χ0v) is 11.8. The highest BCUT2D eigenvalue weighted by atomic mass is 35.5. The molecule has 0 atom stereocenters. The fraction of sp³-hybridized carbons (Fsp3) is 0. The van der Waals surface area contributed by atoms with E-state index in [1.165, 1.54) is 11.5 Å². The predicted octanol–water partition coefficient (Wildman–Crippen LogP) is 4.19. The number of benzene rings is 3. The maximum absolute atomic E-state index is 11.9. The number of fused-ring (bicyclic) bond motifs is 3. The first kappa shape index (κ1) is 13.5. The second kappa shape index (κ2) is 4.83. The Labute approximate surface area is 127 Å². The van der Waals surface area contributed by atoms with Crippen LogP contribution in [0.25, 0.3) is 27.6 Å². The van der Waals surface area contributed by atoms with Crippen molar-refractivity contribution >= 4 is 51.6 Å². The van der Waals surface area contributed by atoms with Crippen molar-refractivity contribution in [3.63, 3.8) is 0 Å². The van der Waals surface area contributed by atoms with E-state index in [0.717, 1.165) is 21.7 Å². The van der Waals surface area contributed by atoms with Gasteiger partial charge in [-0.25, -0.2) is 0 Å². The van der Waals surface area contributed by atoms with E-state index in [0.29, 0.717) is 5.56 Å². The second-order valence-corrected chi connectivity index (χ2v) is 5.01. The first-order valence-electron chi connectivity index (χ1n) is 6.46. The minimum Gasteiger partial charge on any atom is -0.286 e. The van der Waals surface area contributed by atoms with Crippen molar-refractivity contribution in [2.45, 2.75) is 0 Å². The summed E-state index contributed by atoms with van der Waals surface area (Å²) in [6, 6.07) is 16.1. The van der Waals surface area contributed by atoms with Crippen LogP contribution in [0, 0.1) is 0 Å². The molecule has 102 valence electrons. The minimum absolute atomic E-state index is 0. The summed E-state index contributed by atoms with van der Waals surface area (Å²) in [6.07, 6.45) is 3.06. The topological polar surface area (TPSA) is 34.1 Å². The molecular weight excluding hydrogens is 284 g/mol. The minimum atomic E-state index is -0.447. The standard InChI is InChI=1S/C18H10O2.ClH/c19-17-6-5-13-9-14-7-11-3-1-2-4-12(11)8-15(14)10-16(13)18(17)20;/h1-10H;1H. The van der Waals surface area contributed by atoms with Crippen LogP contribution in [-0.4, -0.2) is 11.6 Å². The van der Waals surface area contributed by atoms with Crippen molar-refractivity contribution < 1.29 is 9.59 Å². The summed E-state index contributed by atoms with van der Waals surface area (Å²) >= 11 is 0. The average molecular weight is 295 g/mol. The van der Waals surface area contributed by atoms with Crippen molar-refractivity contribution in [1.29, 1.82) is 0 Å². The normalized spacial score (nSPS) is 13.3. The van der Waals surface area contributed by atoms with Crippen LogP contribution in [0.1, 0.15) is 15.9 Å². The number of ketones is 2. The van der Waals surface area contributed by atoms with Crippen LogP contribution in [0.5, 0.6) is 0 Å². The molecule has 0 spiro atoms. The molecule has 3 heteroatoms. The lowest BCUT2D eigenvalue weighted by Gasteiger charge is -2.11. The third-order valence-corrected chi connectivity index (χ3v) is 3.76. The van der Waals surface area contributed by atoms with Gasteiger partial charge >= 0.3 is 0 Å². The molecule has 0 amide bonds. The van der Waals surface area contributed by atoms with Gasteiger partial charge in [0.25, 0.3) is 0 Å². The molecule has 3 aromatic carbocycles. The number of hydrogen-bond acceptors (Lipinski definition) is 2. The van der Waals surface area contributed by atoms with Gasteiger partial charge in [-0.05, 0) is 57.4 Å². The molecule has 0 unspecified atom stereocenters. The third kappa shape index (κ3) is 2.05. The Morgan fingerprint density at radius 3 is 1.95 bits per heavy atom. The summed E-state index contributed by atoms with van der Waals surface area (Å²) in [6.45, 7) is 0. The Hall–Kier alpha value is -2.45. The summed E-state index contributed by atoms with van der Waals surface area (Å²) in [4.78, 5) is 23.4. The molecule has 3 aromatic rings. The van der Waals surface area contributed by atoms with Gasteiger partial charge in [0.1, 0.15) is 0 Å². The van der Waals surface area contributed by atoms with Crippen molar-refractivity contribution in [3.05, 3.63) is 65.7 Å². The van der Waals surface area contributed by atoms with Gasteiger partial charge in [-0.15, -0.1) is 12.4 Å². The highest BCUT2D eigenvalue weighted by Gasteiger charge is 2.21. The van der Waals surface area contributed by atoms with Crippen molar-refractivity contribution in [3.8, 4) is 0 Å².